The lowest BCUT2D eigenvalue weighted by molar-refractivity contribution is -0.132. The molecule has 0 aromatic heterocycles. The molecule has 0 saturated carbocycles. The number of aliphatic carboxylic acids is 1. The molecule has 0 saturated heterocycles. The Kier molecular flexibility index (Phi) is 3.46. The van der Waals surface area contributed by atoms with E-state index in [-0.39, 0.29) is 16.0 Å². The normalized spacial score (nSPS) is 12.5. The molecule has 0 aliphatic carbocycles. The molecule has 5 nitrogen and oxygen atoms in total. The molecule has 3 N–H and O–H groups in total. The van der Waals surface area contributed by atoms with Crippen LogP contribution in [-0.2, 0) is 14.8 Å². The Morgan fingerprint density at radius 1 is 1.38 bits per heavy atom. The summed E-state index contributed by atoms with van der Waals surface area (Å²) in [7, 11) is -3.84. The van der Waals surface area contributed by atoms with Crippen LogP contribution in [-0.4, -0.2) is 19.5 Å². The number of primary sulfonamides is 1. The van der Waals surface area contributed by atoms with Gasteiger partial charge in [0.1, 0.15) is 0 Å². The fourth-order valence-electron chi connectivity index (χ4n) is 1.15. The smallest absolute Gasteiger partial charge is 0.331 e. The van der Waals surface area contributed by atoms with Crippen molar-refractivity contribution in [3.63, 3.8) is 0 Å². The maximum Gasteiger partial charge on any atom is 0.331 e. The van der Waals surface area contributed by atoms with Gasteiger partial charge in [-0.3, -0.25) is 0 Å². The topological polar surface area (TPSA) is 97.5 Å². The fraction of sp³-hybridized carbons (Fsp3) is 0.100. The molecule has 0 aliphatic rings. The zero-order valence-electron chi connectivity index (χ0n) is 8.54. The number of benzene rings is 1. The van der Waals surface area contributed by atoms with Crippen LogP contribution in [0.3, 0.4) is 0 Å². The highest BCUT2D eigenvalue weighted by Crippen LogP contribution is 2.16. The zero-order valence-corrected chi connectivity index (χ0v) is 9.36. The predicted molar refractivity (Wildman–Crippen MR) is 59.1 cm³/mol. The van der Waals surface area contributed by atoms with Gasteiger partial charge in [-0.05, 0) is 24.6 Å². The van der Waals surface area contributed by atoms with E-state index in [1.165, 1.54) is 31.2 Å². The maximum atomic E-state index is 11.2. The van der Waals surface area contributed by atoms with Gasteiger partial charge in [0, 0.05) is 5.57 Å². The number of hydrogen-bond acceptors (Lipinski definition) is 3. The Morgan fingerprint density at radius 2 is 1.94 bits per heavy atom. The van der Waals surface area contributed by atoms with Gasteiger partial charge in [-0.2, -0.15) is 0 Å². The lowest BCUT2D eigenvalue weighted by Gasteiger charge is -2.03. The molecular weight excluding hydrogens is 230 g/mol. The van der Waals surface area contributed by atoms with Crippen molar-refractivity contribution in [2.24, 2.45) is 5.14 Å². The highest BCUT2D eigenvalue weighted by molar-refractivity contribution is 7.89. The third-order valence-corrected chi connectivity index (χ3v) is 2.92. The number of hydrogen-bond donors (Lipinski definition) is 2. The summed E-state index contributed by atoms with van der Waals surface area (Å²) < 4.78 is 22.4. The molecule has 86 valence electrons. The number of carbonyl (C=O) groups is 1. The molecule has 1 rings (SSSR count). The van der Waals surface area contributed by atoms with Crippen molar-refractivity contribution in [2.45, 2.75) is 11.8 Å². The van der Waals surface area contributed by atoms with E-state index in [0.29, 0.717) is 0 Å². The van der Waals surface area contributed by atoms with E-state index in [9.17, 15) is 13.2 Å². The second kappa shape index (κ2) is 4.46. The molecule has 0 fully saturated rings. The second-order valence-corrected chi connectivity index (χ2v) is 4.75. The summed E-state index contributed by atoms with van der Waals surface area (Å²) in [5, 5.41) is 13.7. The van der Waals surface area contributed by atoms with Crippen LogP contribution in [0.2, 0.25) is 0 Å². The number of carboxylic acid groups (broad SMARTS) is 1. The Balaban J connectivity index is 3.37. The highest BCUT2D eigenvalue weighted by Gasteiger charge is 2.12. The van der Waals surface area contributed by atoms with Crippen LogP contribution >= 0.6 is 0 Å². The van der Waals surface area contributed by atoms with Crippen LogP contribution in [0.4, 0.5) is 0 Å². The van der Waals surface area contributed by atoms with Gasteiger partial charge in [0.25, 0.3) is 0 Å². The van der Waals surface area contributed by atoms with E-state index >= 15 is 0 Å². The minimum absolute atomic E-state index is 0.0381. The molecule has 1 aromatic rings. The Hall–Kier alpha value is -1.66. The maximum absolute atomic E-state index is 11.2. The molecule has 0 unspecified atom stereocenters. The lowest BCUT2D eigenvalue weighted by atomic mass is 10.1. The minimum Gasteiger partial charge on any atom is -0.478 e. The van der Waals surface area contributed by atoms with Gasteiger partial charge in [-0.25, -0.2) is 18.4 Å². The van der Waals surface area contributed by atoms with Crippen molar-refractivity contribution in [3.05, 3.63) is 35.4 Å². The van der Waals surface area contributed by atoms with Crippen LogP contribution < -0.4 is 5.14 Å². The molecule has 0 heterocycles. The summed E-state index contributed by atoms with van der Waals surface area (Å²) >= 11 is 0. The van der Waals surface area contributed by atoms with E-state index in [2.05, 4.69) is 0 Å². The first-order valence-electron chi connectivity index (χ1n) is 4.36. The quantitative estimate of drug-likeness (QED) is 0.765. The van der Waals surface area contributed by atoms with Crippen LogP contribution in [0.1, 0.15) is 12.5 Å². The summed E-state index contributed by atoms with van der Waals surface area (Å²) in [6.07, 6.45) is 1.27. The summed E-state index contributed by atoms with van der Waals surface area (Å²) in [5.74, 6) is -1.11. The summed E-state index contributed by atoms with van der Waals surface area (Å²) in [4.78, 5) is 10.5. The van der Waals surface area contributed by atoms with Gasteiger partial charge in [0.15, 0.2) is 0 Å². The standard InChI is InChI=1S/C10H11NO4S/c1-7(10(12)13)6-8-4-2-3-5-9(8)16(11,14)15/h2-6H,1H3,(H,12,13)(H2,11,14,15)/b7-6+. The number of sulfonamides is 1. The number of nitrogens with two attached hydrogens (primary N) is 1. The summed E-state index contributed by atoms with van der Waals surface area (Å²) in [6, 6.07) is 5.95. The Labute approximate surface area is 93.3 Å². The second-order valence-electron chi connectivity index (χ2n) is 3.22. The highest BCUT2D eigenvalue weighted by atomic mass is 32.2. The van der Waals surface area contributed by atoms with Gasteiger partial charge in [-0.1, -0.05) is 18.2 Å². The fourth-order valence-corrected chi connectivity index (χ4v) is 1.88. The van der Waals surface area contributed by atoms with Crippen molar-refractivity contribution in [2.75, 3.05) is 0 Å². The predicted octanol–water partition coefficient (Wildman–Crippen LogP) is 0.822. The lowest BCUT2D eigenvalue weighted by Crippen LogP contribution is -2.13. The van der Waals surface area contributed by atoms with Gasteiger partial charge in [-0.15, -0.1) is 0 Å². The van der Waals surface area contributed by atoms with E-state index in [4.69, 9.17) is 10.2 Å². The average molecular weight is 241 g/mol. The molecule has 0 radical (unpaired) electrons. The Bertz CT molecular complexity index is 546. The molecule has 1 aromatic carbocycles. The number of rotatable bonds is 3. The van der Waals surface area contributed by atoms with Gasteiger partial charge in [0.2, 0.25) is 10.0 Å². The van der Waals surface area contributed by atoms with Crippen LogP contribution in [0.15, 0.2) is 34.7 Å². The van der Waals surface area contributed by atoms with Crippen molar-refractivity contribution in [1.29, 1.82) is 0 Å². The van der Waals surface area contributed by atoms with E-state index in [0.717, 1.165) is 0 Å². The van der Waals surface area contributed by atoms with E-state index < -0.39 is 16.0 Å². The first-order valence-corrected chi connectivity index (χ1v) is 5.90. The molecule has 0 bridgehead atoms. The molecule has 0 spiro atoms. The summed E-state index contributed by atoms with van der Waals surface area (Å²) in [5.41, 5.74) is 0.306. The Morgan fingerprint density at radius 3 is 2.44 bits per heavy atom. The zero-order chi connectivity index (χ0) is 12.3. The molecule has 0 amide bonds. The van der Waals surface area contributed by atoms with Crippen LogP contribution in [0.25, 0.3) is 6.08 Å². The molecule has 16 heavy (non-hydrogen) atoms. The average Bonchev–Trinajstić information content (AvgIpc) is 2.16. The third kappa shape index (κ3) is 2.91. The van der Waals surface area contributed by atoms with Gasteiger partial charge < -0.3 is 5.11 Å². The SMILES string of the molecule is C/C(=C\c1ccccc1S(N)(=O)=O)C(=O)O. The van der Waals surface area contributed by atoms with Gasteiger partial charge >= 0.3 is 5.97 Å². The molecular formula is C10H11NO4S. The van der Waals surface area contributed by atoms with Crippen LogP contribution in [0, 0.1) is 0 Å². The van der Waals surface area contributed by atoms with Crippen molar-refractivity contribution < 1.29 is 18.3 Å². The van der Waals surface area contributed by atoms with E-state index in [1.54, 1.807) is 6.07 Å². The largest absolute Gasteiger partial charge is 0.478 e. The summed E-state index contributed by atoms with van der Waals surface area (Å²) in [6.45, 7) is 1.38. The third-order valence-electron chi connectivity index (χ3n) is 1.93. The molecule has 0 atom stereocenters. The molecule has 6 heteroatoms. The molecule has 0 aliphatic heterocycles. The van der Waals surface area contributed by atoms with Gasteiger partial charge in [0.05, 0.1) is 4.90 Å². The van der Waals surface area contributed by atoms with Crippen molar-refractivity contribution in [3.8, 4) is 0 Å². The first-order chi connectivity index (χ1) is 7.32. The van der Waals surface area contributed by atoms with E-state index in [1.807, 2.05) is 0 Å². The monoisotopic (exact) mass is 241 g/mol. The minimum atomic E-state index is -3.84. The van der Waals surface area contributed by atoms with Crippen molar-refractivity contribution in [1.82, 2.24) is 0 Å². The van der Waals surface area contributed by atoms with Crippen LogP contribution in [0.5, 0.6) is 0 Å². The van der Waals surface area contributed by atoms with Crippen molar-refractivity contribution >= 4 is 22.1 Å². The number of carboxylic acids is 1. The first kappa shape index (κ1) is 12.4.